The van der Waals surface area contributed by atoms with Gasteiger partial charge in [0.1, 0.15) is 0 Å². The molecule has 0 aliphatic heterocycles. The molecule has 0 unspecified atom stereocenters. The first kappa shape index (κ1) is 18.0. The molecule has 1 amide bonds. The number of aromatic nitrogens is 3. The second kappa shape index (κ2) is 7.72. The highest BCUT2D eigenvalue weighted by molar-refractivity contribution is 8.00. The van der Waals surface area contributed by atoms with E-state index in [1.54, 1.807) is 12.4 Å². The molecule has 0 spiro atoms. The first-order chi connectivity index (χ1) is 13.1. The number of hydrogen-bond acceptors (Lipinski definition) is 4. The topological polar surface area (TPSA) is 59.8 Å². The van der Waals surface area contributed by atoms with Crippen LogP contribution >= 0.6 is 11.8 Å². The van der Waals surface area contributed by atoms with E-state index < -0.39 is 0 Å². The summed E-state index contributed by atoms with van der Waals surface area (Å²) in [5.41, 5.74) is 2.22. The van der Waals surface area contributed by atoms with Crippen LogP contribution in [0.4, 0.5) is 5.69 Å². The Morgan fingerprint density at radius 1 is 1.22 bits per heavy atom. The van der Waals surface area contributed by atoms with Gasteiger partial charge in [-0.15, -0.1) is 11.8 Å². The number of nitrogens with zero attached hydrogens (tertiary/aromatic N) is 3. The van der Waals surface area contributed by atoms with E-state index in [1.807, 2.05) is 40.7 Å². The van der Waals surface area contributed by atoms with Gasteiger partial charge in [-0.2, -0.15) is 5.10 Å². The highest BCUT2D eigenvalue weighted by atomic mass is 32.2. The third kappa shape index (κ3) is 3.86. The summed E-state index contributed by atoms with van der Waals surface area (Å²) >= 11 is 1.88. The average molecular weight is 381 g/mol. The molecule has 1 saturated carbocycles. The number of carbonyl (C=O) groups excluding carboxylic acids is 1. The van der Waals surface area contributed by atoms with Crippen molar-refractivity contribution in [3.63, 3.8) is 0 Å². The summed E-state index contributed by atoms with van der Waals surface area (Å²) in [4.78, 5) is 18.4. The SMILES string of the molecule is CC(C)n1ncc2cc(C(=O)Nc3ccccc3SC3CCCC3)cnc21. The molecule has 1 aromatic carbocycles. The van der Waals surface area contributed by atoms with Gasteiger partial charge in [0.15, 0.2) is 5.65 Å². The van der Waals surface area contributed by atoms with Crippen LogP contribution in [-0.4, -0.2) is 25.9 Å². The van der Waals surface area contributed by atoms with E-state index in [1.165, 1.54) is 25.7 Å². The first-order valence-corrected chi connectivity index (χ1v) is 10.4. The molecule has 1 N–H and O–H groups in total. The standard InChI is InChI=1S/C21H24N4OS/c1-14(2)25-20-15(13-23-25)11-16(12-22-20)21(26)24-18-9-5-6-10-19(18)27-17-7-3-4-8-17/h5-6,9-14,17H,3-4,7-8H2,1-2H3,(H,24,26). The fraction of sp³-hybridized carbons (Fsp3) is 0.381. The van der Waals surface area contributed by atoms with E-state index in [2.05, 4.69) is 35.3 Å². The summed E-state index contributed by atoms with van der Waals surface area (Å²) in [6.07, 6.45) is 8.53. The maximum atomic E-state index is 12.8. The number of pyridine rings is 1. The van der Waals surface area contributed by atoms with Crippen LogP contribution in [0.1, 0.15) is 55.9 Å². The van der Waals surface area contributed by atoms with Gasteiger partial charge in [-0.25, -0.2) is 9.67 Å². The molecule has 140 valence electrons. The number of hydrogen-bond donors (Lipinski definition) is 1. The third-order valence-electron chi connectivity index (χ3n) is 4.92. The van der Waals surface area contributed by atoms with Crippen molar-refractivity contribution in [3.05, 3.63) is 48.3 Å². The number of fused-ring (bicyclic) bond motifs is 1. The summed E-state index contributed by atoms with van der Waals surface area (Å²) in [7, 11) is 0. The summed E-state index contributed by atoms with van der Waals surface area (Å²) in [5.74, 6) is -0.138. The van der Waals surface area contributed by atoms with Crippen molar-refractivity contribution in [2.24, 2.45) is 0 Å². The van der Waals surface area contributed by atoms with Crippen molar-refractivity contribution in [2.75, 3.05) is 5.32 Å². The monoisotopic (exact) mass is 380 g/mol. The molecule has 27 heavy (non-hydrogen) atoms. The van der Waals surface area contributed by atoms with Gasteiger partial charge in [-0.3, -0.25) is 4.79 Å². The summed E-state index contributed by atoms with van der Waals surface area (Å²) in [5, 5.41) is 8.97. The minimum Gasteiger partial charge on any atom is -0.321 e. The molecule has 0 radical (unpaired) electrons. The third-order valence-corrected chi connectivity index (χ3v) is 6.33. The van der Waals surface area contributed by atoms with Gasteiger partial charge in [0, 0.05) is 27.8 Å². The maximum Gasteiger partial charge on any atom is 0.257 e. The predicted octanol–water partition coefficient (Wildman–Crippen LogP) is 5.30. The van der Waals surface area contributed by atoms with Crippen LogP contribution in [0, 0.1) is 0 Å². The van der Waals surface area contributed by atoms with Crippen molar-refractivity contribution >= 4 is 34.4 Å². The molecule has 0 bridgehead atoms. The first-order valence-electron chi connectivity index (χ1n) is 9.52. The largest absolute Gasteiger partial charge is 0.321 e. The minimum absolute atomic E-state index is 0.138. The number of benzene rings is 1. The Bertz CT molecular complexity index is 960. The zero-order chi connectivity index (χ0) is 18.8. The molecule has 5 nitrogen and oxygen atoms in total. The van der Waals surface area contributed by atoms with Gasteiger partial charge in [0.25, 0.3) is 5.91 Å². The zero-order valence-electron chi connectivity index (χ0n) is 15.7. The number of carbonyl (C=O) groups is 1. The quantitative estimate of drug-likeness (QED) is 0.652. The van der Waals surface area contributed by atoms with Gasteiger partial charge >= 0.3 is 0 Å². The van der Waals surface area contributed by atoms with E-state index in [0.717, 1.165) is 21.6 Å². The second-order valence-corrected chi connectivity index (χ2v) is 8.64. The lowest BCUT2D eigenvalue weighted by molar-refractivity contribution is 0.102. The molecule has 1 aliphatic carbocycles. The van der Waals surface area contributed by atoms with Gasteiger partial charge in [0.05, 0.1) is 17.4 Å². The van der Waals surface area contributed by atoms with Crippen LogP contribution in [-0.2, 0) is 0 Å². The summed E-state index contributed by atoms with van der Waals surface area (Å²) in [6.45, 7) is 4.13. The van der Waals surface area contributed by atoms with Crippen LogP contribution < -0.4 is 5.32 Å². The van der Waals surface area contributed by atoms with Crippen LogP contribution in [0.15, 0.2) is 47.6 Å². The molecule has 3 aromatic rings. The molecule has 1 aliphatic rings. The van der Waals surface area contributed by atoms with Gasteiger partial charge < -0.3 is 5.32 Å². The molecule has 0 saturated heterocycles. The molecule has 4 rings (SSSR count). The minimum atomic E-state index is -0.138. The molecule has 6 heteroatoms. The lowest BCUT2D eigenvalue weighted by atomic mass is 10.2. The smallest absolute Gasteiger partial charge is 0.257 e. The summed E-state index contributed by atoms with van der Waals surface area (Å²) in [6, 6.07) is 10.1. The van der Waals surface area contributed by atoms with Crippen molar-refractivity contribution in [3.8, 4) is 0 Å². The molecule has 2 heterocycles. The highest BCUT2D eigenvalue weighted by Crippen LogP contribution is 2.38. The van der Waals surface area contributed by atoms with E-state index in [-0.39, 0.29) is 11.9 Å². The van der Waals surface area contributed by atoms with Crippen LogP contribution in [0.25, 0.3) is 11.0 Å². The number of anilines is 1. The normalized spacial score (nSPS) is 14.9. The average Bonchev–Trinajstić information content (AvgIpc) is 3.32. The Labute approximate surface area is 163 Å². The maximum absolute atomic E-state index is 12.8. The zero-order valence-corrected chi connectivity index (χ0v) is 16.5. The number of para-hydroxylation sites is 1. The fourth-order valence-corrected chi connectivity index (χ4v) is 4.83. The number of nitrogens with one attached hydrogen (secondary N) is 1. The fourth-order valence-electron chi connectivity index (χ4n) is 3.50. The second-order valence-electron chi connectivity index (χ2n) is 7.29. The van der Waals surface area contributed by atoms with E-state index >= 15 is 0 Å². The lowest BCUT2D eigenvalue weighted by Crippen LogP contribution is -2.13. The van der Waals surface area contributed by atoms with E-state index in [9.17, 15) is 4.79 Å². The van der Waals surface area contributed by atoms with Gasteiger partial charge in [0.2, 0.25) is 0 Å². The Hall–Kier alpha value is -2.34. The lowest BCUT2D eigenvalue weighted by Gasteiger charge is -2.14. The van der Waals surface area contributed by atoms with E-state index in [0.29, 0.717) is 10.8 Å². The number of thioether (sulfide) groups is 1. The number of amides is 1. The molecule has 2 aromatic heterocycles. The van der Waals surface area contributed by atoms with Crippen molar-refractivity contribution in [1.29, 1.82) is 0 Å². The van der Waals surface area contributed by atoms with Gasteiger partial charge in [-0.05, 0) is 44.9 Å². The van der Waals surface area contributed by atoms with Crippen molar-refractivity contribution in [1.82, 2.24) is 14.8 Å². The Morgan fingerprint density at radius 3 is 2.78 bits per heavy atom. The van der Waals surface area contributed by atoms with Crippen molar-refractivity contribution in [2.45, 2.75) is 55.7 Å². The van der Waals surface area contributed by atoms with Crippen LogP contribution in [0.3, 0.4) is 0 Å². The van der Waals surface area contributed by atoms with Crippen LogP contribution in [0.2, 0.25) is 0 Å². The highest BCUT2D eigenvalue weighted by Gasteiger charge is 2.19. The van der Waals surface area contributed by atoms with Crippen LogP contribution in [0.5, 0.6) is 0 Å². The molecule has 0 atom stereocenters. The Kier molecular flexibility index (Phi) is 5.16. The number of rotatable bonds is 5. The molecular weight excluding hydrogens is 356 g/mol. The molecule has 1 fully saturated rings. The Balaban J connectivity index is 1.54. The van der Waals surface area contributed by atoms with Crippen molar-refractivity contribution < 1.29 is 4.79 Å². The summed E-state index contributed by atoms with van der Waals surface area (Å²) < 4.78 is 1.87. The molecular formula is C21H24N4OS. The van der Waals surface area contributed by atoms with Gasteiger partial charge in [-0.1, -0.05) is 25.0 Å². The predicted molar refractivity (Wildman–Crippen MR) is 110 cm³/mol. The Morgan fingerprint density at radius 2 is 2.00 bits per heavy atom. The van der Waals surface area contributed by atoms with E-state index in [4.69, 9.17) is 0 Å².